The number of aryl methyl sites for hydroxylation is 1. The molecule has 2 rings (SSSR count). The van der Waals surface area contributed by atoms with Crippen LogP contribution >= 0.6 is 23.2 Å². The van der Waals surface area contributed by atoms with E-state index in [1.54, 1.807) is 0 Å². The number of anilines is 1. The summed E-state index contributed by atoms with van der Waals surface area (Å²) in [7, 11) is 0. The van der Waals surface area contributed by atoms with Gasteiger partial charge in [0, 0.05) is 6.04 Å². The molecule has 1 N–H and O–H groups in total. The van der Waals surface area contributed by atoms with Crippen LogP contribution in [0.1, 0.15) is 38.2 Å². The molecule has 1 aliphatic carbocycles. The molecule has 1 saturated carbocycles. The molecule has 0 bridgehead atoms. The van der Waals surface area contributed by atoms with Crippen molar-refractivity contribution in [2.24, 2.45) is 5.92 Å². The molecular formula is C13H18Cl2N2. The summed E-state index contributed by atoms with van der Waals surface area (Å²) in [5, 5.41) is 4.45. The van der Waals surface area contributed by atoms with E-state index in [-0.39, 0.29) is 0 Å². The standard InChI is InChI=1S/C13H18Cl2N2/c1-3-9-4-5-10(7-9)16-12-8(2)6-11(14)17-13(12)15/h6,9-10,16H,3-5,7H2,1-2H3. The fraction of sp³-hybridized carbons (Fsp3) is 0.615. The van der Waals surface area contributed by atoms with E-state index < -0.39 is 0 Å². The monoisotopic (exact) mass is 272 g/mol. The Morgan fingerprint density at radius 3 is 2.76 bits per heavy atom. The molecule has 0 amide bonds. The Bertz CT molecular complexity index is 383. The number of nitrogens with zero attached hydrogens (tertiary/aromatic N) is 1. The lowest BCUT2D eigenvalue weighted by Gasteiger charge is -2.17. The van der Waals surface area contributed by atoms with Crippen molar-refractivity contribution in [3.05, 3.63) is 21.9 Å². The second-order valence-electron chi connectivity index (χ2n) is 4.86. The van der Waals surface area contributed by atoms with Crippen LogP contribution in [0.25, 0.3) is 0 Å². The molecule has 2 unspecified atom stereocenters. The second kappa shape index (κ2) is 5.45. The van der Waals surface area contributed by atoms with Gasteiger partial charge in [-0.2, -0.15) is 0 Å². The van der Waals surface area contributed by atoms with Gasteiger partial charge in [-0.3, -0.25) is 0 Å². The van der Waals surface area contributed by atoms with Crippen LogP contribution in [0.3, 0.4) is 0 Å². The van der Waals surface area contributed by atoms with Crippen LogP contribution < -0.4 is 5.32 Å². The first-order chi connectivity index (χ1) is 8.10. The summed E-state index contributed by atoms with van der Waals surface area (Å²) in [5.41, 5.74) is 2.01. The lowest BCUT2D eigenvalue weighted by molar-refractivity contribution is 0.525. The molecular weight excluding hydrogens is 255 g/mol. The number of pyridine rings is 1. The van der Waals surface area contributed by atoms with E-state index in [9.17, 15) is 0 Å². The van der Waals surface area contributed by atoms with Crippen molar-refractivity contribution >= 4 is 28.9 Å². The van der Waals surface area contributed by atoms with Crippen LogP contribution in [-0.2, 0) is 0 Å². The minimum absolute atomic E-state index is 0.455. The van der Waals surface area contributed by atoms with Crippen molar-refractivity contribution in [2.45, 2.75) is 45.6 Å². The van der Waals surface area contributed by atoms with Crippen molar-refractivity contribution in [1.29, 1.82) is 0 Å². The summed E-state index contributed by atoms with van der Waals surface area (Å²) in [5.74, 6) is 0.854. The van der Waals surface area contributed by atoms with Gasteiger partial charge in [0.2, 0.25) is 0 Å². The fourth-order valence-electron chi connectivity index (χ4n) is 2.55. The van der Waals surface area contributed by atoms with Gasteiger partial charge in [0.15, 0.2) is 5.15 Å². The number of aromatic nitrogens is 1. The maximum atomic E-state index is 6.13. The van der Waals surface area contributed by atoms with Gasteiger partial charge in [0.05, 0.1) is 5.69 Å². The van der Waals surface area contributed by atoms with E-state index in [4.69, 9.17) is 23.2 Å². The molecule has 1 aromatic heterocycles. The Labute approximate surface area is 113 Å². The van der Waals surface area contributed by atoms with Crippen molar-refractivity contribution in [3.63, 3.8) is 0 Å². The predicted octanol–water partition coefficient (Wildman–Crippen LogP) is 4.69. The third-order valence-electron chi connectivity index (χ3n) is 3.61. The average Bonchev–Trinajstić information content (AvgIpc) is 2.71. The molecule has 0 aliphatic heterocycles. The molecule has 1 fully saturated rings. The molecule has 1 aliphatic rings. The Morgan fingerprint density at radius 1 is 1.41 bits per heavy atom. The molecule has 1 aromatic rings. The summed E-state index contributed by atoms with van der Waals surface area (Å²) in [6.07, 6.45) is 5.03. The summed E-state index contributed by atoms with van der Waals surface area (Å²) in [6, 6.07) is 2.38. The molecule has 94 valence electrons. The lowest BCUT2D eigenvalue weighted by atomic mass is 10.1. The zero-order chi connectivity index (χ0) is 12.4. The van der Waals surface area contributed by atoms with Crippen molar-refractivity contribution in [2.75, 3.05) is 5.32 Å². The van der Waals surface area contributed by atoms with E-state index in [2.05, 4.69) is 17.2 Å². The van der Waals surface area contributed by atoms with Crippen LogP contribution in [0, 0.1) is 12.8 Å². The van der Waals surface area contributed by atoms with E-state index in [0.29, 0.717) is 16.3 Å². The van der Waals surface area contributed by atoms with Gasteiger partial charge in [-0.15, -0.1) is 0 Å². The smallest absolute Gasteiger partial charge is 0.154 e. The van der Waals surface area contributed by atoms with Gasteiger partial charge in [0.1, 0.15) is 5.15 Å². The highest BCUT2D eigenvalue weighted by Crippen LogP contribution is 2.33. The molecule has 2 nitrogen and oxygen atoms in total. The van der Waals surface area contributed by atoms with Gasteiger partial charge < -0.3 is 5.32 Å². The highest BCUT2D eigenvalue weighted by molar-refractivity contribution is 6.34. The second-order valence-corrected chi connectivity index (χ2v) is 5.60. The number of hydrogen-bond acceptors (Lipinski definition) is 2. The molecule has 4 heteroatoms. The number of hydrogen-bond donors (Lipinski definition) is 1. The van der Waals surface area contributed by atoms with Crippen molar-refractivity contribution in [1.82, 2.24) is 4.98 Å². The van der Waals surface area contributed by atoms with Gasteiger partial charge >= 0.3 is 0 Å². The quantitative estimate of drug-likeness (QED) is 0.808. The van der Waals surface area contributed by atoms with Crippen LogP contribution in [0.2, 0.25) is 10.3 Å². The number of halogens is 2. The zero-order valence-corrected chi connectivity index (χ0v) is 11.8. The fourth-order valence-corrected chi connectivity index (χ4v) is 3.14. The van der Waals surface area contributed by atoms with Crippen LogP contribution in [-0.4, -0.2) is 11.0 Å². The number of nitrogens with one attached hydrogen (secondary N) is 1. The van der Waals surface area contributed by atoms with Crippen LogP contribution in [0.5, 0.6) is 0 Å². The largest absolute Gasteiger partial charge is 0.380 e. The van der Waals surface area contributed by atoms with Crippen LogP contribution in [0.4, 0.5) is 5.69 Å². The van der Waals surface area contributed by atoms with Crippen molar-refractivity contribution in [3.8, 4) is 0 Å². The molecule has 17 heavy (non-hydrogen) atoms. The predicted molar refractivity (Wildman–Crippen MR) is 74.0 cm³/mol. The van der Waals surface area contributed by atoms with E-state index in [0.717, 1.165) is 17.2 Å². The molecule has 0 radical (unpaired) electrons. The molecule has 1 heterocycles. The SMILES string of the molecule is CCC1CCC(Nc2c(C)cc(Cl)nc2Cl)C1. The third kappa shape index (κ3) is 3.05. The minimum Gasteiger partial charge on any atom is -0.380 e. The highest BCUT2D eigenvalue weighted by atomic mass is 35.5. The maximum absolute atomic E-state index is 6.13. The van der Waals surface area contributed by atoms with Gasteiger partial charge in [-0.1, -0.05) is 36.5 Å². The minimum atomic E-state index is 0.455. The van der Waals surface area contributed by atoms with Crippen LogP contribution in [0.15, 0.2) is 6.07 Å². The first-order valence-corrected chi connectivity index (χ1v) is 6.95. The van der Waals surface area contributed by atoms with E-state index >= 15 is 0 Å². The van der Waals surface area contributed by atoms with Gasteiger partial charge in [-0.25, -0.2) is 4.98 Å². The first kappa shape index (κ1) is 13.0. The highest BCUT2D eigenvalue weighted by Gasteiger charge is 2.24. The van der Waals surface area contributed by atoms with Gasteiger partial charge in [0.25, 0.3) is 0 Å². The molecule has 2 atom stereocenters. The molecule has 0 spiro atoms. The Morgan fingerprint density at radius 2 is 2.18 bits per heavy atom. The maximum Gasteiger partial charge on any atom is 0.154 e. The summed E-state index contributed by atoms with van der Waals surface area (Å²) in [6.45, 7) is 4.27. The van der Waals surface area contributed by atoms with Crippen molar-refractivity contribution < 1.29 is 0 Å². The summed E-state index contributed by atoms with van der Waals surface area (Å²) < 4.78 is 0. The lowest BCUT2D eigenvalue weighted by Crippen LogP contribution is -2.17. The molecule has 0 saturated heterocycles. The average molecular weight is 273 g/mol. The zero-order valence-electron chi connectivity index (χ0n) is 10.3. The summed E-state index contributed by atoms with van der Waals surface area (Å²) in [4.78, 5) is 4.08. The normalized spacial score (nSPS) is 24.0. The van der Waals surface area contributed by atoms with Gasteiger partial charge in [-0.05, 0) is 43.7 Å². The third-order valence-corrected chi connectivity index (χ3v) is 4.08. The molecule has 0 aromatic carbocycles. The Kier molecular flexibility index (Phi) is 4.16. The summed E-state index contributed by atoms with van der Waals surface area (Å²) >= 11 is 12.0. The Hall–Kier alpha value is -0.470. The topological polar surface area (TPSA) is 24.9 Å². The van der Waals surface area contributed by atoms with E-state index in [1.165, 1.54) is 25.7 Å². The number of rotatable bonds is 3. The Balaban J connectivity index is 2.09. The first-order valence-electron chi connectivity index (χ1n) is 6.19. The van der Waals surface area contributed by atoms with E-state index in [1.807, 2.05) is 13.0 Å².